The van der Waals surface area contributed by atoms with Gasteiger partial charge in [0.15, 0.2) is 9.84 Å². The van der Waals surface area contributed by atoms with E-state index in [0.29, 0.717) is 17.0 Å². The Morgan fingerprint density at radius 2 is 2.07 bits per heavy atom. The predicted octanol–water partition coefficient (Wildman–Crippen LogP) is 2.57. The van der Waals surface area contributed by atoms with Crippen molar-refractivity contribution in [2.45, 2.75) is 12.5 Å². The van der Waals surface area contributed by atoms with E-state index in [-0.39, 0.29) is 35.7 Å². The maximum atomic E-state index is 11.8. The van der Waals surface area contributed by atoms with E-state index in [4.69, 9.17) is 10.1 Å². The molecule has 3 heterocycles. The summed E-state index contributed by atoms with van der Waals surface area (Å²) in [5.74, 6) is 1.14. The van der Waals surface area contributed by atoms with Gasteiger partial charge in [0.25, 0.3) is 0 Å². The van der Waals surface area contributed by atoms with Crippen molar-refractivity contribution in [3.05, 3.63) is 40.4 Å². The zero-order valence-electron chi connectivity index (χ0n) is 14.7. The predicted molar refractivity (Wildman–Crippen MR) is 105 cm³/mol. The van der Waals surface area contributed by atoms with Gasteiger partial charge in [0.1, 0.15) is 22.4 Å². The third-order valence-electron chi connectivity index (χ3n) is 4.89. The van der Waals surface area contributed by atoms with Gasteiger partial charge in [0.05, 0.1) is 36.4 Å². The van der Waals surface area contributed by atoms with Crippen LogP contribution in [0.25, 0.3) is 16.8 Å². The molecule has 1 atom stereocenters. The summed E-state index contributed by atoms with van der Waals surface area (Å²) >= 11 is 1.36. The second kappa shape index (κ2) is 6.65. The fraction of sp³-hybridized carbons (Fsp3) is 0.333. The molecule has 7 nitrogen and oxygen atoms in total. The van der Waals surface area contributed by atoms with E-state index in [1.165, 1.54) is 11.3 Å². The smallest absolute Gasteiger partial charge is 0.152 e. The van der Waals surface area contributed by atoms with Crippen molar-refractivity contribution in [2.75, 3.05) is 25.2 Å². The molecule has 0 amide bonds. The average Bonchev–Trinajstić information content (AvgIpc) is 3.33. The molecule has 0 unspecified atom stereocenters. The number of nitrogens with zero attached hydrogens (tertiary/aromatic N) is 2. The third-order valence-corrected chi connectivity index (χ3v) is 7.50. The molecule has 1 aromatic carbocycles. The molecule has 1 fully saturated rings. The van der Waals surface area contributed by atoms with Gasteiger partial charge < -0.3 is 14.7 Å². The molecule has 0 spiro atoms. The first kappa shape index (κ1) is 18.0. The largest absolute Gasteiger partial charge is 0.510 e. The lowest BCUT2D eigenvalue weighted by molar-refractivity contribution is 0.309. The van der Waals surface area contributed by atoms with Gasteiger partial charge in [-0.05, 0) is 30.7 Å². The Morgan fingerprint density at radius 3 is 2.70 bits per heavy atom. The molecule has 1 aromatic heterocycles. The van der Waals surface area contributed by atoms with Crippen LogP contribution in [0.15, 0.2) is 35.4 Å². The van der Waals surface area contributed by atoms with E-state index in [0.717, 1.165) is 17.0 Å². The lowest BCUT2D eigenvalue weighted by atomic mass is 10.1. The summed E-state index contributed by atoms with van der Waals surface area (Å²) in [4.78, 5) is 6.25. The van der Waals surface area contributed by atoms with Gasteiger partial charge in [-0.1, -0.05) is 0 Å². The van der Waals surface area contributed by atoms with Crippen LogP contribution in [-0.4, -0.2) is 60.4 Å². The van der Waals surface area contributed by atoms with Crippen molar-refractivity contribution in [1.29, 1.82) is 5.41 Å². The quantitative estimate of drug-likeness (QED) is 0.810. The summed E-state index contributed by atoms with van der Waals surface area (Å²) in [6.45, 7) is 0.159. The van der Waals surface area contributed by atoms with E-state index in [2.05, 4.69) is 4.98 Å². The van der Waals surface area contributed by atoms with Gasteiger partial charge in [0.2, 0.25) is 0 Å². The lowest BCUT2D eigenvalue weighted by Gasteiger charge is -2.24. The SMILES string of the molecule is COc1ccc(-c2csc(C3=C(O)CN([C@@H]4CCS(=O)(=O)C4)C3=N)n2)cc1. The highest BCUT2D eigenvalue weighted by Gasteiger charge is 2.39. The number of hydrogen-bond acceptors (Lipinski definition) is 7. The van der Waals surface area contributed by atoms with Gasteiger partial charge >= 0.3 is 0 Å². The molecule has 142 valence electrons. The van der Waals surface area contributed by atoms with Crippen molar-refractivity contribution in [2.24, 2.45) is 0 Å². The van der Waals surface area contributed by atoms with Crippen molar-refractivity contribution < 1.29 is 18.3 Å². The van der Waals surface area contributed by atoms with Crippen LogP contribution in [0.3, 0.4) is 0 Å². The molecule has 1 saturated heterocycles. The van der Waals surface area contributed by atoms with Crippen LogP contribution >= 0.6 is 11.3 Å². The molecular formula is C18H19N3O4S2. The second-order valence-corrected chi connectivity index (χ2v) is 9.71. The Bertz CT molecular complexity index is 1030. The number of sulfone groups is 1. The second-order valence-electron chi connectivity index (χ2n) is 6.62. The highest BCUT2D eigenvalue weighted by molar-refractivity contribution is 7.91. The highest BCUT2D eigenvalue weighted by atomic mass is 32.2. The van der Waals surface area contributed by atoms with Crippen LogP contribution in [-0.2, 0) is 9.84 Å². The summed E-state index contributed by atoms with van der Waals surface area (Å²) in [6, 6.07) is 7.25. The van der Waals surface area contributed by atoms with E-state index < -0.39 is 9.84 Å². The summed E-state index contributed by atoms with van der Waals surface area (Å²) in [5.41, 5.74) is 2.07. The number of rotatable bonds is 4. The minimum Gasteiger partial charge on any atom is -0.510 e. The monoisotopic (exact) mass is 405 g/mol. The third kappa shape index (κ3) is 3.32. The number of thiazole rings is 1. The molecule has 2 aromatic rings. The Labute approximate surface area is 161 Å². The molecule has 27 heavy (non-hydrogen) atoms. The molecule has 4 rings (SSSR count). The molecule has 0 radical (unpaired) electrons. The number of aliphatic hydroxyl groups excluding tert-OH is 1. The van der Waals surface area contributed by atoms with Crippen molar-refractivity contribution in [3.63, 3.8) is 0 Å². The zero-order chi connectivity index (χ0) is 19.2. The molecule has 2 aliphatic heterocycles. The first-order chi connectivity index (χ1) is 12.9. The van der Waals surface area contributed by atoms with E-state index in [1.807, 2.05) is 29.6 Å². The molecule has 0 aliphatic carbocycles. The van der Waals surface area contributed by atoms with Gasteiger partial charge in [-0.3, -0.25) is 5.41 Å². The summed E-state index contributed by atoms with van der Waals surface area (Å²) in [6.07, 6.45) is 0.486. The zero-order valence-corrected chi connectivity index (χ0v) is 16.3. The number of amidine groups is 1. The summed E-state index contributed by atoms with van der Waals surface area (Å²) in [7, 11) is -1.45. The van der Waals surface area contributed by atoms with Crippen molar-refractivity contribution in [3.8, 4) is 17.0 Å². The van der Waals surface area contributed by atoms with Crippen LogP contribution in [0, 0.1) is 5.41 Å². The number of hydrogen-bond donors (Lipinski definition) is 2. The molecule has 2 aliphatic rings. The highest BCUT2D eigenvalue weighted by Crippen LogP contribution is 2.34. The number of methoxy groups -OCH3 is 1. The minimum absolute atomic E-state index is 0.0326. The Balaban J connectivity index is 1.57. The first-order valence-corrected chi connectivity index (χ1v) is 11.2. The summed E-state index contributed by atoms with van der Waals surface area (Å²) < 4.78 is 28.7. The number of aliphatic hydroxyl groups is 1. The average molecular weight is 406 g/mol. The molecule has 0 saturated carbocycles. The molecule has 2 N–H and O–H groups in total. The molecular weight excluding hydrogens is 386 g/mol. The fourth-order valence-corrected chi connectivity index (χ4v) is 6.07. The van der Waals surface area contributed by atoms with Crippen molar-refractivity contribution in [1.82, 2.24) is 9.88 Å². The van der Waals surface area contributed by atoms with E-state index >= 15 is 0 Å². The maximum Gasteiger partial charge on any atom is 0.152 e. The Kier molecular flexibility index (Phi) is 4.43. The standard InChI is InChI=1S/C18H19N3O4S2/c1-25-13-4-2-11(3-5-13)14-9-26-18(20-14)16-15(22)8-21(17(16)19)12-6-7-27(23,24)10-12/h2-5,9,12,19,22H,6-8,10H2,1H3/t12-/m1/s1. The summed E-state index contributed by atoms with van der Waals surface area (Å²) in [5, 5.41) is 21.3. The van der Waals surface area contributed by atoms with Crippen LogP contribution in [0.5, 0.6) is 5.75 Å². The van der Waals surface area contributed by atoms with Gasteiger partial charge in [-0.25, -0.2) is 13.4 Å². The topological polar surface area (TPSA) is 104 Å². The van der Waals surface area contributed by atoms with Crippen LogP contribution < -0.4 is 4.74 Å². The van der Waals surface area contributed by atoms with Crippen molar-refractivity contribution >= 4 is 32.6 Å². The van der Waals surface area contributed by atoms with Gasteiger partial charge in [0, 0.05) is 17.0 Å². The van der Waals surface area contributed by atoms with E-state index in [9.17, 15) is 13.5 Å². The van der Waals surface area contributed by atoms with Crippen LogP contribution in [0.4, 0.5) is 0 Å². The normalized spacial score (nSPS) is 21.9. The Morgan fingerprint density at radius 1 is 1.33 bits per heavy atom. The van der Waals surface area contributed by atoms with Gasteiger partial charge in [-0.15, -0.1) is 11.3 Å². The molecule has 9 heteroatoms. The minimum atomic E-state index is -3.06. The lowest BCUT2D eigenvalue weighted by Crippen LogP contribution is -2.38. The van der Waals surface area contributed by atoms with E-state index in [1.54, 1.807) is 12.0 Å². The van der Waals surface area contributed by atoms with Crippen LogP contribution in [0.1, 0.15) is 11.4 Å². The molecule has 0 bridgehead atoms. The number of benzene rings is 1. The fourth-order valence-electron chi connectivity index (χ4n) is 3.44. The van der Waals surface area contributed by atoms with Crippen LogP contribution in [0.2, 0.25) is 0 Å². The maximum absolute atomic E-state index is 11.8. The number of ether oxygens (including phenoxy) is 1. The Hall–Kier alpha value is -2.39. The first-order valence-electron chi connectivity index (χ1n) is 8.46. The number of nitrogens with one attached hydrogen (secondary N) is 1. The van der Waals surface area contributed by atoms with Gasteiger partial charge in [-0.2, -0.15) is 0 Å². The number of aromatic nitrogens is 1.